The van der Waals surface area contributed by atoms with E-state index < -0.39 is 0 Å². The number of urea groups is 1. The highest BCUT2D eigenvalue weighted by Gasteiger charge is 2.26. The third-order valence-corrected chi connectivity index (χ3v) is 5.01. The van der Waals surface area contributed by atoms with E-state index in [4.69, 9.17) is 9.47 Å². The van der Waals surface area contributed by atoms with Crippen molar-refractivity contribution in [2.24, 2.45) is 0 Å². The van der Waals surface area contributed by atoms with Crippen LogP contribution in [-0.2, 0) is 6.42 Å². The molecular formula is C21H23N3O4. The number of hydrogen-bond acceptors (Lipinski definition) is 4. The molecule has 0 aromatic heterocycles. The summed E-state index contributed by atoms with van der Waals surface area (Å²) in [6.07, 6.45) is 0.801. The molecule has 1 N–H and O–H groups in total. The van der Waals surface area contributed by atoms with Crippen molar-refractivity contribution in [1.29, 1.82) is 0 Å². The predicted molar refractivity (Wildman–Crippen MR) is 104 cm³/mol. The molecule has 2 aliphatic rings. The maximum absolute atomic E-state index is 12.7. The van der Waals surface area contributed by atoms with E-state index in [2.05, 4.69) is 5.32 Å². The van der Waals surface area contributed by atoms with Crippen LogP contribution in [-0.4, -0.2) is 61.3 Å². The van der Waals surface area contributed by atoms with Crippen LogP contribution in [0.4, 0.5) is 4.79 Å². The summed E-state index contributed by atoms with van der Waals surface area (Å²) in [5, 5.41) is 2.96. The molecule has 0 unspecified atom stereocenters. The first-order chi connectivity index (χ1) is 13.7. The largest absolute Gasteiger partial charge is 0.454 e. The molecule has 1 saturated heterocycles. The predicted octanol–water partition coefficient (Wildman–Crippen LogP) is 2.13. The van der Waals surface area contributed by atoms with Gasteiger partial charge in [0.25, 0.3) is 5.91 Å². The minimum absolute atomic E-state index is 0.0533. The molecule has 0 radical (unpaired) electrons. The minimum Gasteiger partial charge on any atom is -0.454 e. The molecule has 146 valence electrons. The van der Waals surface area contributed by atoms with Crippen molar-refractivity contribution in [2.75, 3.05) is 39.5 Å². The van der Waals surface area contributed by atoms with Gasteiger partial charge in [0.05, 0.1) is 0 Å². The fourth-order valence-corrected chi connectivity index (χ4v) is 3.40. The summed E-state index contributed by atoms with van der Waals surface area (Å²) in [6.45, 7) is 2.85. The van der Waals surface area contributed by atoms with Gasteiger partial charge in [-0.25, -0.2) is 4.79 Å². The van der Waals surface area contributed by atoms with E-state index in [0.717, 1.165) is 6.42 Å². The fraction of sp³-hybridized carbons (Fsp3) is 0.333. The Morgan fingerprint density at radius 1 is 0.893 bits per heavy atom. The average Bonchev–Trinajstić information content (AvgIpc) is 3.22. The summed E-state index contributed by atoms with van der Waals surface area (Å²) in [4.78, 5) is 28.6. The maximum atomic E-state index is 12.7. The zero-order chi connectivity index (χ0) is 19.3. The standard InChI is InChI=1S/C21H23N3O4/c25-20(17-6-7-18-19(14-17)28-15-27-18)23-10-12-24(13-11-23)21(26)22-9-8-16-4-2-1-3-5-16/h1-7,14H,8-13,15H2,(H,22,26). The van der Waals surface area contributed by atoms with Crippen LogP contribution in [0, 0.1) is 0 Å². The monoisotopic (exact) mass is 381 g/mol. The Labute approximate surface area is 163 Å². The van der Waals surface area contributed by atoms with Crippen LogP contribution in [0.15, 0.2) is 48.5 Å². The number of ether oxygens (including phenoxy) is 2. The van der Waals surface area contributed by atoms with Crippen molar-refractivity contribution in [1.82, 2.24) is 15.1 Å². The third-order valence-electron chi connectivity index (χ3n) is 5.01. The summed E-state index contributed by atoms with van der Waals surface area (Å²) in [7, 11) is 0. The molecule has 7 heteroatoms. The number of nitrogens with one attached hydrogen (secondary N) is 1. The van der Waals surface area contributed by atoms with Gasteiger partial charge in [0.15, 0.2) is 11.5 Å². The van der Waals surface area contributed by atoms with Crippen LogP contribution in [0.25, 0.3) is 0 Å². The van der Waals surface area contributed by atoms with Gasteiger partial charge >= 0.3 is 6.03 Å². The van der Waals surface area contributed by atoms with Crippen molar-refractivity contribution in [3.63, 3.8) is 0 Å². The van der Waals surface area contributed by atoms with E-state index in [1.165, 1.54) is 5.56 Å². The number of amides is 3. The number of piperazine rings is 1. The molecule has 4 rings (SSSR count). The summed E-state index contributed by atoms with van der Waals surface area (Å²) in [5.74, 6) is 1.21. The molecule has 2 heterocycles. The topological polar surface area (TPSA) is 71.1 Å². The third kappa shape index (κ3) is 4.03. The van der Waals surface area contributed by atoms with Crippen LogP contribution in [0.5, 0.6) is 11.5 Å². The van der Waals surface area contributed by atoms with Crippen molar-refractivity contribution < 1.29 is 19.1 Å². The SMILES string of the molecule is O=C(NCCc1ccccc1)N1CCN(C(=O)c2ccc3c(c2)OCO3)CC1. The lowest BCUT2D eigenvalue weighted by atomic mass is 10.1. The first-order valence-electron chi connectivity index (χ1n) is 9.46. The van der Waals surface area contributed by atoms with Gasteiger partial charge in [0.1, 0.15) is 0 Å². The molecule has 0 spiro atoms. The average molecular weight is 381 g/mol. The number of fused-ring (bicyclic) bond motifs is 1. The number of carbonyl (C=O) groups is 2. The number of nitrogens with zero attached hydrogens (tertiary/aromatic N) is 2. The van der Waals surface area contributed by atoms with Gasteiger partial charge in [-0.05, 0) is 30.2 Å². The molecule has 28 heavy (non-hydrogen) atoms. The second-order valence-electron chi connectivity index (χ2n) is 6.81. The molecule has 2 aromatic rings. The lowest BCUT2D eigenvalue weighted by Crippen LogP contribution is -2.53. The Morgan fingerprint density at radius 3 is 2.39 bits per heavy atom. The Balaban J connectivity index is 1.24. The zero-order valence-corrected chi connectivity index (χ0v) is 15.6. The first-order valence-corrected chi connectivity index (χ1v) is 9.46. The molecule has 2 aliphatic heterocycles. The van der Waals surface area contributed by atoms with Crippen LogP contribution < -0.4 is 14.8 Å². The highest BCUT2D eigenvalue weighted by molar-refractivity contribution is 5.95. The second kappa shape index (κ2) is 8.21. The molecular weight excluding hydrogens is 358 g/mol. The quantitative estimate of drug-likeness (QED) is 0.881. The van der Waals surface area contributed by atoms with E-state index in [-0.39, 0.29) is 18.7 Å². The van der Waals surface area contributed by atoms with Gasteiger partial charge in [0, 0.05) is 38.3 Å². The van der Waals surface area contributed by atoms with Crippen LogP contribution in [0.2, 0.25) is 0 Å². The van der Waals surface area contributed by atoms with Gasteiger partial charge in [0.2, 0.25) is 6.79 Å². The Kier molecular flexibility index (Phi) is 5.32. The highest BCUT2D eigenvalue weighted by atomic mass is 16.7. The van der Waals surface area contributed by atoms with Crippen LogP contribution >= 0.6 is 0 Å². The Morgan fingerprint density at radius 2 is 1.61 bits per heavy atom. The lowest BCUT2D eigenvalue weighted by molar-refractivity contribution is 0.0665. The van der Waals surface area contributed by atoms with Crippen molar-refractivity contribution in [2.45, 2.75) is 6.42 Å². The molecule has 1 fully saturated rings. The van der Waals surface area contributed by atoms with Gasteiger partial charge in [-0.15, -0.1) is 0 Å². The van der Waals surface area contributed by atoms with E-state index in [1.54, 1.807) is 28.0 Å². The summed E-state index contributed by atoms with van der Waals surface area (Å²) >= 11 is 0. The summed E-state index contributed by atoms with van der Waals surface area (Å²) in [5.41, 5.74) is 1.77. The van der Waals surface area contributed by atoms with Gasteiger partial charge in [-0.1, -0.05) is 30.3 Å². The molecule has 0 atom stereocenters. The summed E-state index contributed by atoms with van der Waals surface area (Å²) < 4.78 is 10.6. The van der Waals surface area contributed by atoms with E-state index >= 15 is 0 Å². The van der Waals surface area contributed by atoms with Gasteiger partial charge in [-0.3, -0.25) is 4.79 Å². The Hall–Kier alpha value is -3.22. The molecule has 3 amide bonds. The van der Waals surface area contributed by atoms with E-state index in [9.17, 15) is 9.59 Å². The van der Waals surface area contributed by atoms with Crippen LogP contribution in [0.3, 0.4) is 0 Å². The fourth-order valence-electron chi connectivity index (χ4n) is 3.40. The highest BCUT2D eigenvalue weighted by Crippen LogP contribution is 2.32. The summed E-state index contributed by atoms with van der Waals surface area (Å²) in [6, 6.07) is 15.2. The number of carbonyl (C=O) groups excluding carboxylic acids is 2. The van der Waals surface area contributed by atoms with Gasteiger partial charge < -0.3 is 24.6 Å². The molecule has 2 aromatic carbocycles. The Bertz CT molecular complexity index is 848. The normalized spacial score (nSPS) is 15.4. The molecule has 7 nitrogen and oxygen atoms in total. The number of rotatable bonds is 4. The van der Waals surface area contributed by atoms with Crippen molar-refractivity contribution in [3.05, 3.63) is 59.7 Å². The number of benzene rings is 2. The first kappa shape index (κ1) is 18.2. The smallest absolute Gasteiger partial charge is 0.317 e. The van der Waals surface area contributed by atoms with Gasteiger partial charge in [-0.2, -0.15) is 0 Å². The second-order valence-corrected chi connectivity index (χ2v) is 6.81. The lowest BCUT2D eigenvalue weighted by Gasteiger charge is -2.34. The van der Waals surface area contributed by atoms with E-state index in [1.807, 2.05) is 30.3 Å². The molecule has 0 aliphatic carbocycles. The number of hydrogen-bond donors (Lipinski definition) is 1. The van der Waals surface area contributed by atoms with Crippen molar-refractivity contribution >= 4 is 11.9 Å². The van der Waals surface area contributed by atoms with Crippen LogP contribution in [0.1, 0.15) is 15.9 Å². The zero-order valence-electron chi connectivity index (χ0n) is 15.6. The van der Waals surface area contributed by atoms with Crippen molar-refractivity contribution in [3.8, 4) is 11.5 Å². The maximum Gasteiger partial charge on any atom is 0.317 e. The minimum atomic E-state index is -0.0777. The van der Waals surface area contributed by atoms with E-state index in [0.29, 0.717) is 49.8 Å². The molecule has 0 bridgehead atoms. The molecule has 0 saturated carbocycles.